The molecule has 1 aromatic heterocycles. The molecule has 0 aliphatic rings. The predicted molar refractivity (Wildman–Crippen MR) is 77.5 cm³/mol. The van der Waals surface area contributed by atoms with Gasteiger partial charge in [0.1, 0.15) is 5.01 Å². The molecule has 0 fully saturated rings. The molecule has 1 amide bonds. The lowest BCUT2D eigenvalue weighted by Crippen LogP contribution is -2.36. The molecule has 4 N–H and O–H groups in total. The first-order valence-corrected chi connectivity index (χ1v) is 7.26. The second-order valence-corrected chi connectivity index (χ2v) is 6.79. The molecule has 0 saturated heterocycles. The average Bonchev–Trinajstić information content (AvgIpc) is 2.80. The summed E-state index contributed by atoms with van der Waals surface area (Å²) in [5.41, 5.74) is 5.67. The van der Waals surface area contributed by atoms with Crippen LogP contribution in [0.15, 0.2) is 5.38 Å². The van der Waals surface area contributed by atoms with Crippen LogP contribution in [0.25, 0.3) is 0 Å². The topological polar surface area (TPSA) is 105 Å². The number of nitrogens with zero attached hydrogens (tertiary/aromatic N) is 1. The molecule has 1 aromatic rings. The monoisotopic (exact) mass is 299 g/mol. The highest BCUT2D eigenvalue weighted by atomic mass is 32.1. The van der Waals surface area contributed by atoms with Crippen LogP contribution in [-0.4, -0.2) is 28.5 Å². The standard InChI is InChI=1S/C13H21N3O3S/c1-13(2,3)4-8(5-14)11(17)15-6-10-16-9(7-20-10)12(18)19/h7-8H,4-6,14H2,1-3H3,(H,15,17)(H,18,19). The minimum atomic E-state index is -1.06. The summed E-state index contributed by atoms with van der Waals surface area (Å²) < 4.78 is 0. The quantitative estimate of drug-likeness (QED) is 0.737. The molecular weight excluding hydrogens is 278 g/mol. The van der Waals surface area contributed by atoms with Crippen molar-refractivity contribution in [1.82, 2.24) is 10.3 Å². The van der Waals surface area contributed by atoms with Crippen LogP contribution in [0.3, 0.4) is 0 Å². The van der Waals surface area contributed by atoms with Crippen LogP contribution in [0.2, 0.25) is 0 Å². The van der Waals surface area contributed by atoms with Crippen molar-refractivity contribution >= 4 is 23.2 Å². The first-order valence-electron chi connectivity index (χ1n) is 6.38. The molecule has 1 heterocycles. The summed E-state index contributed by atoms with van der Waals surface area (Å²) >= 11 is 1.21. The fourth-order valence-electron chi connectivity index (χ4n) is 1.82. The molecule has 7 heteroatoms. The third-order valence-electron chi connectivity index (χ3n) is 2.70. The van der Waals surface area contributed by atoms with Gasteiger partial charge in [-0.15, -0.1) is 11.3 Å². The zero-order chi connectivity index (χ0) is 15.3. The molecule has 1 unspecified atom stereocenters. The second kappa shape index (κ2) is 6.81. The van der Waals surface area contributed by atoms with Crippen molar-refractivity contribution in [3.63, 3.8) is 0 Å². The number of nitrogens with one attached hydrogen (secondary N) is 1. The number of rotatable bonds is 6. The Hall–Kier alpha value is -1.47. The van der Waals surface area contributed by atoms with Crippen molar-refractivity contribution < 1.29 is 14.7 Å². The van der Waals surface area contributed by atoms with Gasteiger partial charge in [0, 0.05) is 11.9 Å². The van der Waals surface area contributed by atoms with Crippen LogP contribution < -0.4 is 11.1 Å². The number of carbonyl (C=O) groups excluding carboxylic acids is 1. The van der Waals surface area contributed by atoms with Gasteiger partial charge in [-0.05, 0) is 11.8 Å². The number of nitrogens with two attached hydrogens (primary N) is 1. The van der Waals surface area contributed by atoms with E-state index in [0.29, 0.717) is 18.0 Å². The highest BCUT2D eigenvalue weighted by Crippen LogP contribution is 2.24. The van der Waals surface area contributed by atoms with Gasteiger partial charge in [-0.1, -0.05) is 20.8 Å². The van der Waals surface area contributed by atoms with Crippen LogP contribution in [0.1, 0.15) is 42.7 Å². The summed E-state index contributed by atoms with van der Waals surface area (Å²) in [6.07, 6.45) is 0.702. The summed E-state index contributed by atoms with van der Waals surface area (Å²) in [5, 5.41) is 13.6. The fraction of sp³-hybridized carbons (Fsp3) is 0.615. The van der Waals surface area contributed by atoms with Crippen molar-refractivity contribution in [3.05, 3.63) is 16.1 Å². The molecule has 6 nitrogen and oxygen atoms in total. The van der Waals surface area contributed by atoms with E-state index < -0.39 is 5.97 Å². The molecule has 0 aliphatic carbocycles. The Labute approximate surface area is 122 Å². The van der Waals surface area contributed by atoms with Crippen LogP contribution in [0.4, 0.5) is 0 Å². The van der Waals surface area contributed by atoms with E-state index in [9.17, 15) is 9.59 Å². The maximum atomic E-state index is 12.0. The van der Waals surface area contributed by atoms with Crippen LogP contribution >= 0.6 is 11.3 Å². The SMILES string of the molecule is CC(C)(C)CC(CN)C(=O)NCc1nc(C(=O)O)cs1. The van der Waals surface area contributed by atoms with Gasteiger partial charge in [-0.2, -0.15) is 0 Å². The smallest absolute Gasteiger partial charge is 0.355 e. The van der Waals surface area contributed by atoms with E-state index in [-0.39, 0.29) is 29.5 Å². The van der Waals surface area contributed by atoms with E-state index in [0.717, 1.165) is 0 Å². The molecule has 0 radical (unpaired) electrons. The van der Waals surface area contributed by atoms with Crippen molar-refractivity contribution in [2.24, 2.45) is 17.1 Å². The lowest BCUT2D eigenvalue weighted by Gasteiger charge is -2.24. The molecule has 0 bridgehead atoms. The average molecular weight is 299 g/mol. The molecule has 0 aliphatic heterocycles. The van der Waals surface area contributed by atoms with Gasteiger partial charge in [-0.3, -0.25) is 4.79 Å². The predicted octanol–water partition coefficient (Wildman–Crippen LogP) is 1.47. The summed E-state index contributed by atoms with van der Waals surface area (Å²) in [7, 11) is 0. The Balaban J connectivity index is 2.54. The molecule has 1 atom stereocenters. The molecular formula is C13H21N3O3S. The highest BCUT2D eigenvalue weighted by Gasteiger charge is 2.23. The van der Waals surface area contributed by atoms with E-state index in [2.05, 4.69) is 31.1 Å². The summed E-state index contributed by atoms with van der Waals surface area (Å²) in [4.78, 5) is 26.7. The Morgan fingerprint density at radius 3 is 2.60 bits per heavy atom. The fourth-order valence-corrected chi connectivity index (χ4v) is 2.53. The zero-order valence-corrected chi connectivity index (χ0v) is 12.8. The van der Waals surface area contributed by atoms with E-state index >= 15 is 0 Å². The van der Waals surface area contributed by atoms with Gasteiger partial charge < -0.3 is 16.2 Å². The second-order valence-electron chi connectivity index (χ2n) is 5.85. The Kier molecular flexibility index (Phi) is 5.64. The zero-order valence-electron chi connectivity index (χ0n) is 12.0. The maximum Gasteiger partial charge on any atom is 0.355 e. The van der Waals surface area contributed by atoms with Gasteiger partial charge in [0.15, 0.2) is 5.69 Å². The number of carboxylic acids is 1. The molecule has 112 valence electrons. The van der Waals surface area contributed by atoms with Crippen molar-refractivity contribution in [2.45, 2.75) is 33.7 Å². The van der Waals surface area contributed by atoms with E-state index in [1.165, 1.54) is 16.7 Å². The third-order valence-corrected chi connectivity index (χ3v) is 3.55. The van der Waals surface area contributed by atoms with Crippen molar-refractivity contribution in [1.29, 1.82) is 0 Å². The minimum Gasteiger partial charge on any atom is -0.476 e. The first kappa shape index (κ1) is 16.6. The lowest BCUT2D eigenvalue weighted by molar-refractivity contribution is -0.125. The number of hydrogen-bond acceptors (Lipinski definition) is 5. The molecule has 0 spiro atoms. The first-order chi connectivity index (χ1) is 9.23. The van der Waals surface area contributed by atoms with Gasteiger partial charge in [0.25, 0.3) is 0 Å². The third kappa shape index (κ3) is 5.26. The molecule has 0 saturated carbocycles. The normalized spacial score (nSPS) is 13.0. The van der Waals surface area contributed by atoms with Gasteiger partial charge in [-0.25, -0.2) is 9.78 Å². The number of carbonyl (C=O) groups is 2. The molecule has 20 heavy (non-hydrogen) atoms. The Morgan fingerprint density at radius 1 is 1.50 bits per heavy atom. The number of aromatic nitrogens is 1. The molecule has 1 rings (SSSR count). The van der Waals surface area contributed by atoms with E-state index in [4.69, 9.17) is 10.8 Å². The largest absolute Gasteiger partial charge is 0.476 e. The number of thiazole rings is 1. The van der Waals surface area contributed by atoms with E-state index in [1.54, 1.807) is 0 Å². The summed E-state index contributed by atoms with van der Waals surface area (Å²) in [6, 6.07) is 0. The number of hydrogen-bond donors (Lipinski definition) is 3. The van der Waals surface area contributed by atoms with E-state index in [1.807, 2.05) is 0 Å². The lowest BCUT2D eigenvalue weighted by atomic mass is 9.84. The highest BCUT2D eigenvalue weighted by molar-refractivity contribution is 7.09. The summed E-state index contributed by atoms with van der Waals surface area (Å²) in [6.45, 7) is 6.70. The van der Waals surface area contributed by atoms with Crippen LogP contribution in [-0.2, 0) is 11.3 Å². The number of aromatic carboxylic acids is 1. The minimum absolute atomic E-state index is 0.00400. The van der Waals surface area contributed by atoms with Gasteiger partial charge >= 0.3 is 5.97 Å². The molecule has 0 aromatic carbocycles. The van der Waals surface area contributed by atoms with Crippen molar-refractivity contribution in [2.75, 3.05) is 6.54 Å². The number of amides is 1. The van der Waals surface area contributed by atoms with Gasteiger partial charge in [0.05, 0.1) is 12.5 Å². The van der Waals surface area contributed by atoms with Gasteiger partial charge in [0.2, 0.25) is 5.91 Å². The maximum absolute atomic E-state index is 12.0. The van der Waals surface area contributed by atoms with Crippen LogP contribution in [0, 0.1) is 11.3 Å². The summed E-state index contributed by atoms with van der Waals surface area (Å²) in [5.74, 6) is -1.42. The Bertz CT molecular complexity index is 479. The Morgan fingerprint density at radius 2 is 2.15 bits per heavy atom. The van der Waals surface area contributed by atoms with Crippen molar-refractivity contribution in [3.8, 4) is 0 Å². The number of carboxylic acid groups (broad SMARTS) is 1. The van der Waals surface area contributed by atoms with Crippen LogP contribution in [0.5, 0.6) is 0 Å².